The number of carbonyl (C=O) groups is 2. The molecule has 35 heavy (non-hydrogen) atoms. The molecule has 2 aromatic rings. The van der Waals surface area contributed by atoms with Crippen LogP contribution in [0.1, 0.15) is 66.6 Å². The molecule has 1 fully saturated rings. The number of pyridine rings is 1. The second kappa shape index (κ2) is 10.9. The van der Waals surface area contributed by atoms with Gasteiger partial charge in [-0.15, -0.1) is 0 Å². The van der Waals surface area contributed by atoms with Crippen LogP contribution in [-0.4, -0.2) is 40.7 Å². The molecule has 1 aromatic carbocycles. The lowest BCUT2D eigenvalue weighted by Crippen LogP contribution is -2.45. The van der Waals surface area contributed by atoms with Gasteiger partial charge < -0.3 is 15.2 Å². The number of fused-ring (bicyclic) bond motifs is 2. The number of amides is 1. The summed E-state index contributed by atoms with van der Waals surface area (Å²) in [6.07, 6.45) is 10.9. The molecule has 6 heteroatoms. The second-order valence-corrected chi connectivity index (χ2v) is 10.5. The fourth-order valence-corrected chi connectivity index (χ4v) is 5.81. The van der Waals surface area contributed by atoms with E-state index in [2.05, 4.69) is 17.4 Å². The Labute approximate surface area is 207 Å². The van der Waals surface area contributed by atoms with Crippen molar-refractivity contribution in [3.05, 3.63) is 64.5 Å². The number of nitrogens with zero attached hydrogens (tertiary/aromatic N) is 1. The van der Waals surface area contributed by atoms with E-state index in [0.717, 1.165) is 32.1 Å². The predicted octanol–water partition coefficient (Wildman–Crippen LogP) is 4.06. The predicted molar refractivity (Wildman–Crippen MR) is 133 cm³/mol. The summed E-state index contributed by atoms with van der Waals surface area (Å²) in [5.41, 5.74) is 6.32. The van der Waals surface area contributed by atoms with Crippen molar-refractivity contribution in [2.24, 2.45) is 11.8 Å². The number of carboxylic acid groups (broad SMARTS) is 1. The minimum Gasteiger partial charge on any atom is -0.480 e. The summed E-state index contributed by atoms with van der Waals surface area (Å²) in [5, 5.41) is 12.3. The van der Waals surface area contributed by atoms with Crippen molar-refractivity contribution in [2.75, 3.05) is 6.61 Å². The Morgan fingerprint density at radius 3 is 2.51 bits per heavy atom. The molecule has 1 saturated carbocycles. The van der Waals surface area contributed by atoms with Crippen LogP contribution >= 0.6 is 0 Å². The van der Waals surface area contributed by atoms with Crippen LogP contribution in [0.15, 0.2) is 36.4 Å². The molecule has 6 nitrogen and oxygen atoms in total. The normalized spacial score (nSPS) is 22.1. The van der Waals surface area contributed by atoms with Crippen LogP contribution in [0.2, 0.25) is 0 Å². The molecular formula is C29H36N2O4. The molecule has 0 bridgehead atoms. The molecule has 0 radical (unpaired) electrons. The number of aromatic nitrogens is 1. The van der Waals surface area contributed by atoms with Gasteiger partial charge in [0.05, 0.1) is 6.10 Å². The molecule has 1 heterocycles. The molecule has 5 rings (SSSR count). The van der Waals surface area contributed by atoms with Gasteiger partial charge in [0.1, 0.15) is 6.04 Å². The van der Waals surface area contributed by atoms with Gasteiger partial charge in [-0.1, -0.05) is 30.3 Å². The van der Waals surface area contributed by atoms with Gasteiger partial charge in [-0.05, 0) is 92.9 Å². The van der Waals surface area contributed by atoms with E-state index >= 15 is 0 Å². The van der Waals surface area contributed by atoms with Crippen molar-refractivity contribution in [2.45, 2.75) is 82.8 Å². The zero-order valence-electron chi connectivity index (χ0n) is 20.4. The van der Waals surface area contributed by atoms with E-state index in [4.69, 9.17) is 9.72 Å². The van der Waals surface area contributed by atoms with Gasteiger partial charge in [-0.25, -0.2) is 4.79 Å². The highest BCUT2D eigenvalue weighted by Crippen LogP contribution is 2.34. The van der Waals surface area contributed by atoms with E-state index in [-0.39, 0.29) is 17.9 Å². The average molecular weight is 477 g/mol. The summed E-state index contributed by atoms with van der Waals surface area (Å²) in [5.74, 6) is -0.710. The highest BCUT2D eigenvalue weighted by molar-refractivity contribution is 5.85. The monoisotopic (exact) mass is 476 g/mol. The van der Waals surface area contributed by atoms with Gasteiger partial charge in [-0.2, -0.15) is 0 Å². The van der Waals surface area contributed by atoms with E-state index in [9.17, 15) is 14.7 Å². The van der Waals surface area contributed by atoms with Crippen molar-refractivity contribution < 1.29 is 19.4 Å². The fourth-order valence-electron chi connectivity index (χ4n) is 5.81. The van der Waals surface area contributed by atoms with Crippen molar-refractivity contribution >= 4 is 11.9 Å². The van der Waals surface area contributed by atoms with Crippen LogP contribution in [0.3, 0.4) is 0 Å². The topological polar surface area (TPSA) is 88.5 Å². The Balaban J connectivity index is 0.994. The number of hydrogen-bond acceptors (Lipinski definition) is 4. The van der Waals surface area contributed by atoms with E-state index < -0.39 is 12.0 Å². The van der Waals surface area contributed by atoms with E-state index in [1.165, 1.54) is 47.3 Å². The maximum atomic E-state index is 12.7. The zero-order valence-corrected chi connectivity index (χ0v) is 20.4. The molecular weight excluding hydrogens is 440 g/mol. The van der Waals surface area contributed by atoms with Crippen LogP contribution in [-0.2, 0) is 46.4 Å². The molecule has 1 amide bonds. The third-order valence-electron chi connectivity index (χ3n) is 8.03. The maximum Gasteiger partial charge on any atom is 0.326 e. The van der Waals surface area contributed by atoms with Crippen molar-refractivity contribution in [3.63, 3.8) is 0 Å². The van der Waals surface area contributed by atoms with Gasteiger partial charge >= 0.3 is 5.97 Å². The summed E-state index contributed by atoms with van der Waals surface area (Å²) in [7, 11) is 0. The number of aryl methyl sites for hydroxylation is 3. The molecule has 3 aliphatic rings. The number of aliphatic carboxylic acids is 1. The number of carbonyl (C=O) groups excluding carboxylic acids is 1. The quantitative estimate of drug-likeness (QED) is 0.540. The first-order valence-corrected chi connectivity index (χ1v) is 13.2. The Bertz CT molecular complexity index is 1040. The number of rotatable bonds is 10. The highest BCUT2D eigenvalue weighted by Gasteiger charge is 2.32. The van der Waals surface area contributed by atoms with Crippen LogP contribution < -0.4 is 5.32 Å². The zero-order chi connectivity index (χ0) is 24.2. The van der Waals surface area contributed by atoms with Gasteiger partial charge in [-0.3, -0.25) is 9.78 Å². The van der Waals surface area contributed by atoms with Gasteiger partial charge in [0.2, 0.25) is 5.91 Å². The van der Waals surface area contributed by atoms with Crippen LogP contribution in [0.5, 0.6) is 0 Å². The minimum absolute atomic E-state index is 0.173. The van der Waals surface area contributed by atoms with Gasteiger partial charge in [0, 0.05) is 30.3 Å². The van der Waals surface area contributed by atoms with Crippen LogP contribution in [0.4, 0.5) is 0 Å². The van der Waals surface area contributed by atoms with Crippen molar-refractivity contribution in [1.29, 1.82) is 0 Å². The lowest BCUT2D eigenvalue weighted by atomic mass is 9.79. The molecule has 0 aliphatic heterocycles. The molecule has 3 aliphatic carbocycles. The fraction of sp³-hybridized carbons (Fsp3) is 0.552. The Morgan fingerprint density at radius 2 is 1.77 bits per heavy atom. The first kappa shape index (κ1) is 24.0. The second-order valence-electron chi connectivity index (χ2n) is 10.5. The number of carboxylic acids is 1. The lowest BCUT2D eigenvalue weighted by Gasteiger charge is -2.35. The summed E-state index contributed by atoms with van der Waals surface area (Å²) < 4.78 is 5.94. The van der Waals surface area contributed by atoms with Crippen LogP contribution in [0, 0.1) is 11.8 Å². The molecule has 0 spiro atoms. The summed E-state index contributed by atoms with van der Waals surface area (Å²) in [4.78, 5) is 29.3. The van der Waals surface area contributed by atoms with Gasteiger partial charge in [0.25, 0.3) is 0 Å². The smallest absolute Gasteiger partial charge is 0.326 e. The maximum absolute atomic E-state index is 12.7. The third-order valence-corrected chi connectivity index (χ3v) is 8.03. The third kappa shape index (κ3) is 5.92. The van der Waals surface area contributed by atoms with Crippen molar-refractivity contribution in [1.82, 2.24) is 10.3 Å². The average Bonchev–Trinajstić information content (AvgIpc) is 3.28. The lowest BCUT2D eigenvalue weighted by molar-refractivity contribution is -0.143. The van der Waals surface area contributed by atoms with Crippen molar-refractivity contribution in [3.8, 4) is 0 Å². The van der Waals surface area contributed by atoms with E-state index in [1.807, 2.05) is 24.3 Å². The summed E-state index contributed by atoms with van der Waals surface area (Å²) in [6.45, 7) is 0.353. The number of nitrogens with one attached hydrogen (secondary N) is 1. The molecule has 1 atom stereocenters. The first-order valence-electron chi connectivity index (χ1n) is 13.2. The molecule has 2 N–H and O–H groups in total. The standard InChI is InChI=1S/C29H36N2O4/c32-28(23-17-21-6-1-2-7-22(21)18-23)31-27(29(33)34)13-14-35-25-15-19(16-25)9-11-24-12-10-20-5-3-4-8-26(20)30-24/h1-2,6-7,10,12,19,23,25,27H,3-5,8-9,11,13-18H2,(H,31,32)(H,33,34). The van der Waals surface area contributed by atoms with Gasteiger partial charge in [0.15, 0.2) is 0 Å². The molecule has 186 valence electrons. The number of ether oxygens (including phenoxy) is 1. The molecule has 1 aromatic heterocycles. The highest BCUT2D eigenvalue weighted by atomic mass is 16.5. The Morgan fingerprint density at radius 1 is 1.03 bits per heavy atom. The Kier molecular flexibility index (Phi) is 7.47. The van der Waals surface area contributed by atoms with Crippen LogP contribution in [0.25, 0.3) is 0 Å². The SMILES string of the molecule is O=C(NC(CCOC1CC(CCc2ccc3c(n2)CCCC3)C1)C(=O)O)C1Cc2ccccc2C1. The number of benzene rings is 1. The first-order chi connectivity index (χ1) is 17.0. The molecule has 1 unspecified atom stereocenters. The largest absolute Gasteiger partial charge is 0.480 e. The van der Waals surface area contributed by atoms with E-state index in [0.29, 0.717) is 31.8 Å². The summed E-state index contributed by atoms with van der Waals surface area (Å²) in [6, 6.07) is 11.6. The summed E-state index contributed by atoms with van der Waals surface area (Å²) >= 11 is 0. The molecule has 0 saturated heterocycles. The number of hydrogen-bond donors (Lipinski definition) is 2. The van der Waals surface area contributed by atoms with E-state index in [1.54, 1.807) is 0 Å². The Hall–Kier alpha value is -2.73. The minimum atomic E-state index is -0.999.